The van der Waals surface area contributed by atoms with Gasteiger partial charge in [-0.25, -0.2) is 0 Å². The van der Waals surface area contributed by atoms with Gasteiger partial charge in [0.25, 0.3) is 0 Å². The molecule has 0 saturated heterocycles. The molecule has 0 spiro atoms. The Balaban J connectivity index is 1.62. The molecule has 1 aliphatic rings. The van der Waals surface area contributed by atoms with Gasteiger partial charge in [0.05, 0.1) is 13.7 Å². The van der Waals surface area contributed by atoms with Crippen molar-refractivity contribution in [1.82, 2.24) is 5.32 Å². The van der Waals surface area contributed by atoms with Gasteiger partial charge in [-0.1, -0.05) is 25.0 Å². The van der Waals surface area contributed by atoms with Crippen LogP contribution in [0, 0.1) is 0 Å². The maximum atomic E-state index is 5.73. The molecule has 0 radical (unpaired) electrons. The zero-order valence-corrected chi connectivity index (χ0v) is 11.2. The van der Waals surface area contributed by atoms with Gasteiger partial charge in [-0.3, -0.25) is 0 Å². The highest BCUT2D eigenvalue weighted by Gasteiger charge is 2.13. The van der Waals surface area contributed by atoms with Crippen LogP contribution in [0.5, 0.6) is 11.5 Å². The van der Waals surface area contributed by atoms with E-state index in [1.165, 1.54) is 25.7 Å². The second-order valence-electron chi connectivity index (χ2n) is 4.79. The van der Waals surface area contributed by atoms with E-state index in [4.69, 9.17) is 9.47 Å². The highest BCUT2D eigenvalue weighted by molar-refractivity contribution is 5.39. The third-order valence-electron chi connectivity index (χ3n) is 3.44. The first-order valence-corrected chi connectivity index (χ1v) is 6.89. The van der Waals surface area contributed by atoms with E-state index >= 15 is 0 Å². The van der Waals surface area contributed by atoms with Gasteiger partial charge in [-0.2, -0.15) is 0 Å². The summed E-state index contributed by atoms with van der Waals surface area (Å²) in [5.74, 6) is 1.64. The molecule has 0 amide bonds. The Bertz CT molecular complexity index is 348. The summed E-state index contributed by atoms with van der Waals surface area (Å²) in [4.78, 5) is 0. The predicted octanol–water partition coefficient (Wildman–Crippen LogP) is 3.00. The van der Waals surface area contributed by atoms with Crippen molar-refractivity contribution >= 4 is 0 Å². The normalized spacial score (nSPS) is 15.8. The first-order valence-electron chi connectivity index (χ1n) is 6.89. The Hall–Kier alpha value is -1.22. The molecule has 0 aromatic heterocycles. The van der Waals surface area contributed by atoms with E-state index in [1.807, 2.05) is 24.3 Å². The Morgan fingerprint density at radius 1 is 1.17 bits per heavy atom. The predicted molar refractivity (Wildman–Crippen MR) is 73.4 cm³/mol. The Kier molecular flexibility index (Phi) is 5.34. The van der Waals surface area contributed by atoms with Crippen molar-refractivity contribution in [3.8, 4) is 11.5 Å². The third kappa shape index (κ3) is 3.91. The van der Waals surface area contributed by atoms with E-state index in [2.05, 4.69) is 5.32 Å². The summed E-state index contributed by atoms with van der Waals surface area (Å²) in [5.41, 5.74) is 0. The SMILES string of the molecule is COc1ccccc1OCCCNC1CCCC1. The first-order chi connectivity index (χ1) is 8.90. The van der Waals surface area contributed by atoms with Crippen molar-refractivity contribution in [2.75, 3.05) is 20.3 Å². The lowest BCUT2D eigenvalue weighted by Crippen LogP contribution is -2.27. The van der Waals surface area contributed by atoms with Crippen LogP contribution in [0.25, 0.3) is 0 Å². The molecular formula is C15H23NO2. The zero-order chi connectivity index (χ0) is 12.6. The minimum absolute atomic E-state index is 0.736. The van der Waals surface area contributed by atoms with Crippen molar-refractivity contribution in [1.29, 1.82) is 0 Å². The second-order valence-corrected chi connectivity index (χ2v) is 4.79. The van der Waals surface area contributed by atoms with Crippen LogP contribution < -0.4 is 14.8 Å². The number of nitrogens with one attached hydrogen (secondary N) is 1. The number of hydrogen-bond acceptors (Lipinski definition) is 3. The van der Waals surface area contributed by atoms with Crippen molar-refractivity contribution in [2.24, 2.45) is 0 Å². The summed E-state index contributed by atoms with van der Waals surface area (Å²) < 4.78 is 11.0. The molecule has 2 rings (SSSR count). The van der Waals surface area contributed by atoms with E-state index in [1.54, 1.807) is 7.11 Å². The Morgan fingerprint density at radius 3 is 2.61 bits per heavy atom. The van der Waals surface area contributed by atoms with Crippen LogP contribution in [-0.2, 0) is 0 Å². The first kappa shape index (κ1) is 13.2. The van der Waals surface area contributed by atoms with E-state index < -0.39 is 0 Å². The summed E-state index contributed by atoms with van der Waals surface area (Å²) in [7, 11) is 1.67. The molecule has 1 aliphatic carbocycles. The highest BCUT2D eigenvalue weighted by Crippen LogP contribution is 2.25. The molecule has 0 aliphatic heterocycles. The van der Waals surface area contributed by atoms with E-state index in [9.17, 15) is 0 Å². The molecule has 1 aromatic carbocycles. The van der Waals surface area contributed by atoms with Gasteiger partial charge < -0.3 is 14.8 Å². The lowest BCUT2D eigenvalue weighted by molar-refractivity contribution is 0.285. The van der Waals surface area contributed by atoms with Crippen LogP contribution in [0.4, 0.5) is 0 Å². The van der Waals surface area contributed by atoms with Crippen LogP contribution >= 0.6 is 0 Å². The van der Waals surface area contributed by atoms with Crippen LogP contribution in [0.2, 0.25) is 0 Å². The summed E-state index contributed by atoms with van der Waals surface area (Å²) >= 11 is 0. The van der Waals surface area contributed by atoms with Gasteiger partial charge in [0, 0.05) is 6.04 Å². The van der Waals surface area contributed by atoms with Crippen molar-refractivity contribution in [3.05, 3.63) is 24.3 Å². The van der Waals surface area contributed by atoms with Gasteiger partial charge in [-0.15, -0.1) is 0 Å². The van der Waals surface area contributed by atoms with Crippen molar-refractivity contribution in [3.63, 3.8) is 0 Å². The molecule has 3 heteroatoms. The summed E-state index contributed by atoms with van der Waals surface area (Å²) in [6.45, 7) is 1.78. The molecule has 0 bridgehead atoms. The number of para-hydroxylation sites is 2. The maximum absolute atomic E-state index is 5.73. The van der Waals surface area contributed by atoms with Crippen molar-refractivity contribution in [2.45, 2.75) is 38.1 Å². The molecule has 100 valence electrons. The van der Waals surface area contributed by atoms with Crippen LogP contribution in [0.1, 0.15) is 32.1 Å². The fourth-order valence-corrected chi connectivity index (χ4v) is 2.43. The lowest BCUT2D eigenvalue weighted by Gasteiger charge is -2.13. The van der Waals surface area contributed by atoms with Crippen LogP contribution in [0.3, 0.4) is 0 Å². The average molecular weight is 249 g/mol. The molecule has 18 heavy (non-hydrogen) atoms. The van der Waals surface area contributed by atoms with Gasteiger partial charge in [-0.05, 0) is 37.9 Å². The fraction of sp³-hybridized carbons (Fsp3) is 0.600. The monoisotopic (exact) mass is 249 g/mol. The lowest BCUT2D eigenvalue weighted by atomic mass is 10.2. The number of benzene rings is 1. The number of rotatable bonds is 7. The topological polar surface area (TPSA) is 30.5 Å². The molecule has 1 fully saturated rings. The van der Waals surface area contributed by atoms with E-state index in [-0.39, 0.29) is 0 Å². The molecule has 1 aromatic rings. The standard InChI is InChI=1S/C15H23NO2/c1-17-14-9-4-5-10-15(14)18-12-6-11-16-13-7-2-3-8-13/h4-5,9-10,13,16H,2-3,6-8,11-12H2,1H3. The van der Waals surface area contributed by atoms with E-state index in [0.717, 1.165) is 37.1 Å². The summed E-state index contributed by atoms with van der Waals surface area (Å²) in [5, 5.41) is 3.59. The molecule has 1 saturated carbocycles. The molecule has 0 atom stereocenters. The van der Waals surface area contributed by atoms with Crippen molar-refractivity contribution < 1.29 is 9.47 Å². The molecule has 0 unspecified atom stereocenters. The van der Waals surface area contributed by atoms with Crippen LogP contribution in [0.15, 0.2) is 24.3 Å². The second kappa shape index (κ2) is 7.27. The smallest absolute Gasteiger partial charge is 0.161 e. The summed E-state index contributed by atoms with van der Waals surface area (Å²) in [6.07, 6.45) is 6.49. The molecular weight excluding hydrogens is 226 g/mol. The number of ether oxygens (including phenoxy) is 2. The fourth-order valence-electron chi connectivity index (χ4n) is 2.43. The third-order valence-corrected chi connectivity index (χ3v) is 3.44. The molecule has 3 nitrogen and oxygen atoms in total. The Labute approximate surface area is 109 Å². The van der Waals surface area contributed by atoms with E-state index in [0.29, 0.717) is 0 Å². The minimum Gasteiger partial charge on any atom is -0.493 e. The Morgan fingerprint density at radius 2 is 1.89 bits per heavy atom. The minimum atomic E-state index is 0.736. The van der Waals surface area contributed by atoms with Gasteiger partial charge in [0.15, 0.2) is 11.5 Å². The zero-order valence-electron chi connectivity index (χ0n) is 11.2. The quantitative estimate of drug-likeness (QED) is 0.754. The largest absolute Gasteiger partial charge is 0.493 e. The number of hydrogen-bond donors (Lipinski definition) is 1. The summed E-state index contributed by atoms with van der Waals surface area (Å²) in [6, 6.07) is 8.54. The van der Waals surface area contributed by atoms with Gasteiger partial charge in [0.2, 0.25) is 0 Å². The van der Waals surface area contributed by atoms with Gasteiger partial charge in [0.1, 0.15) is 0 Å². The van der Waals surface area contributed by atoms with Gasteiger partial charge >= 0.3 is 0 Å². The average Bonchev–Trinajstić information content (AvgIpc) is 2.92. The molecule has 1 N–H and O–H groups in total. The molecule has 0 heterocycles. The number of methoxy groups -OCH3 is 1. The maximum Gasteiger partial charge on any atom is 0.161 e. The van der Waals surface area contributed by atoms with Crippen LogP contribution in [-0.4, -0.2) is 26.3 Å². The highest BCUT2D eigenvalue weighted by atomic mass is 16.5.